The third kappa shape index (κ3) is 4.74. The predicted octanol–water partition coefficient (Wildman–Crippen LogP) is 5.03. The minimum atomic E-state index is 0.290. The van der Waals surface area contributed by atoms with Gasteiger partial charge < -0.3 is 9.84 Å². The Morgan fingerprint density at radius 3 is 2.57 bits per heavy atom. The highest BCUT2D eigenvalue weighted by atomic mass is 32.2. The molecule has 0 bridgehead atoms. The fourth-order valence-corrected chi connectivity index (χ4v) is 3.56. The van der Waals surface area contributed by atoms with Crippen molar-refractivity contribution in [3.05, 3.63) is 70.2 Å². The van der Waals surface area contributed by atoms with Crippen molar-refractivity contribution in [3.8, 4) is 11.5 Å². The number of benzene rings is 2. The van der Waals surface area contributed by atoms with Crippen molar-refractivity contribution in [1.29, 1.82) is 0 Å². The standard InChI is InChI=1S/C18H17NO2S2/c1-13-2-6-16(7-3-13)21-10-18-19-14(12-23-18)11-22-17-8-4-15(20)5-9-17/h2-9,12,20H,10-11H2,1H3. The molecule has 0 radical (unpaired) electrons. The van der Waals surface area contributed by atoms with Crippen LogP contribution in [0, 0.1) is 6.92 Å². The molecule has 0 saturated carbocycles. The molecule has 3 rings (SSSR count). The topological polar surface area (TPSA) is 42.4 Å². The van der Waals surface area contributed by atoms with E-state index in [1.165, 1.54) is 5.56 Å². The van der Waals surface area contributed by atoms with Crippen LogP contribution in [0.5, 0.6) is 11.5 Å². The van der Waals surface area contributed by atoms with Crippen molar-refractivity contribution in [2.75, 3.05) is 0 Å². The van der Waals surface area contributed by atoms with Gasteiger partial charge in [-0.25, -0.2) is 4.98 Å². The van der Waals surface area contributed by atoms with E-state index >= 15 is 0 Å². The molecule has 118 valence electrons. The summed E-state index contributed by atoms with van der Waals surface area (Å²) in [6.07, 6.45) is 0. The summed E-state index contributed by atoms with van der Waals surface area (Å²) in [5.74, 6) is 1.97. The Kier molecular flexibility index (Phi) is 5.20. The molecule has 3 aromatic rings. The molecule has 0 saturated heterocycles. The van der Waals surface area contributed by atoms with E-state index in [1.54, 1.807) is 35.2 Å². The Morgan fingerprint density at radius 1 is 1.09 bits per heavy atom. The van der Waals surface area contributed by atoms with Crippen LogP contribution >= 0.6 is 23.1 Å². The number of thioether (sulfide) groups is 1. The van der Waals surface area contributed by atoms with Crippen molar-refractivity contribution >= 4 is 23.1 Å². The zero-order valence-electron chi connectivity index (χ0n) is 12.7. The summed E-state index contributed by atoms with van der Waals surface area (Å²) in [7, 11) is 0. The number of thiazole rings is 1. The number of aromatic hydroxyl groups is 1. The molecular formula is C18H17NO2S2. The average molecular weight is 343 g/mol. The molecule has 0 amide bonds. The Morgan fingerprint density at radius 2 is 1.83 bits per heavy atom. The van der Waals surface area contributed by atoms with Crippen molar-refractivity contribution < 1.29 is 9.84 Å². The molecule has 5 heteroatoms. The lowest BCUT2D eigenvalue weighted by molar-refractivity contribution is 0.305. The average Bonchev–Trinajstić information content (AvgIpc) is 3.02. The Hall–Kier alpha value is -1.98. The number of phenols is 1. The third-order valence-corrected chi connectivity index (χ3v) is 5.12. The third-order valence-electron chi connectivity index (χ3n) is 3.21. The molecule has 0 aliphatic rings. The maximum absolute atomic E-state index is 9.28. The van der Waals surface area contributed by atoms with E-state index in [1.807, 2.05) is 36.4 Å². The molecule has 1 heterocycles. The normalized spacial score (nSPS) is 10.7. The van der Waals surface area contributed by atoms with E-state index < -0.39 is 0 Å². The Labute approximate surface area is 144 Å². The number of phenolic OH excluding ortho intramolecular Hbond substituents is 1. The summed E-state index contributed by atoms with van der Waals surface area (Å²) >= 11 is 3.32. The van der Waals surface area contributed by atoms with E-state index in [2.05, 4.69) is 17.3 Å². The van der Waals surface area contributed by atoms with Gasteiger partial charge >= 0.3 is 0 Å². The lowest BCUT2D eigenvalue weighted by atomic mass is 10.2. The van der Waals surface area contributed by atoms with Crippen LogP contribution in [0.4, 0.5) is 0 Å². The maximum Gasteiger partial charge on any atom is 0.140 e. The van der Waals surface area contributed by atoms with Crippen LogP contribution in [0.2, 0.25) is 0 Å². The summed E-state index contributed by atoms with van der Waals surface area (Å²) in [6, 6.07) is 15.2. The highest BCUT2D eigenvalue weighted by Crippen LogP contribution is 2.25. The number of rotatable bonds is 6. The highest BCUT2D eigenvalue weighted by Gasteiger charge is 2.04. The largest absolute Gasteiger partial charge is 0.508 e. The van der Waals surface area contributed by atoms with Crippen LogP contribution in [0.25, 0.3) is 0 Å². The zero-order chi connectivity index (χ0) is 16.1. The smallest absolute Gasteiger partial charge is 0.140 e. The highest BCUT2D eigenvalue weighted by molar-refractivity contribution is 7.98. The van der Waals surface area contributed by atoms with Gasteiger partial charge in [0.05, 0.1) is 5.69 Å². The van der Waals surface area contributed by atoms with Gasteiger partial charge in [-0.2, -0.15) is 0 Å². The SMILES string of the molecule is Cc1ccc(OCc2nc(CSc3ccc(O)cc3)cs2)cc1. The minimum Gasteiger partial charge on any atom is -0.508 e. The fraction of sp³-hybridized carbons (Fsp3) is 0.167. The summed E-state index contributed by atoms with van der Waals surface area (Å²) in [5.41, 5.74) is 2.27. The summed E-state index contributed by atoms with van der Waals surface area (Å²) in [4.78, 5) is 5.72. The van der Waals surface area contributed by atoms with E-state index in [9.17, 15) is 5.11 Å². The molecule has 0 spiro atoms. The van der Waals surface area contributed by atoms with Crippen LogP contribution in [-0.2, 0) is 12.4 Å². The number of hydrogen-bond acceptors (Lipinski definition) is 5. The molecule has 23 heavy (non-hydrogen) atoms. The number of aromatic nitrogens is 1. The first-order chi connectivity index (χ1) is 11.2. The van der Waals surface area contributed by atoms with Gasteiger partial charge in [0, 0.05) is 16.0 Å². The Bertz CT molecular complexity index is 687. The predicted molar refractivity (Wildman–Crippen MR) is 95.3 cm³/mol. The van der Waals surface area contributed by atoms with Gasteiger partial charge in [-0.05, 0) is 43.3 Å². The maximum atomic E-state index is 9.28. The van der Waals surface area contributed by atoms with Crippen LogP contribution in [0.3, 0.4) is 0 Å². The van der Waals surface area contributed by atoms with Crippen molar-refractivity contribution in [3.63, 3.8) is 0 Å². The summed E-state index contributed by atoms with van der Waals surface area (Å²) in [6.45, 7) is 2.56. The minimum absolute atomic E-state index is 0.290. The van der Waals surface area contributed by atoms with Crippen LogP contribution in [0.15, 0.2) is 58.8 Å². The van der Waals surface area contributed by atoms with E-state index in [0.29, 0.717) is 12.4 Å². The van der Waals surface area contributed by atoms with Gasteiger partial charge in [0.2, 0.25) is 0 Å². The second-order valence-corrected chi connectivity index (χ2v) is 7.11. The van der Waals surface area contributed by atoms with Gasteiger partial charge in [0.25, 0.3) is 0 Å². The molecule has 0 unspecified atom stereocenters. The molecule has 1 aromatic heterocycles. The monoisotopic (exact) mass is 343 g/mol. The first-order valence-electron chi connectivity index (χ1n) is 7.23. The van der Waals surface area contributed by atoms with Gasteiger partial charge in [-0.3, -0.25) is 0 Å². The fourth-order valence-electron chi connectivity index (χ4n) is 1.96. The number of hydrogen-bond donors (Lipinski definition) is 1. The van der Waals surface area contributed by atoms with Crippen LogP contribution in [0.1, 0.15) is 16.3 Å². The van der Waals surface area contributed by atoms with Crippen LogP contribution in [-0.4, -0.2) is 10.1 Å². The lowest BCUT2D eigenvalue weighted by Crippen LogP contribution is -1.95. The molecule has 1 N–H and O–H groups in total. The molecule has 0 aliphatic heterocycles. The molecule has 2 aromatic carbocycles. The van der Waals surface area contributed by atoms with Crippen LogP contribution < -0.4 is 4.74 Å². The quantitative estimate of drug-likeness (QED) is 0.638. The number of aryl methyl sites for hydroxylation is 1. The number of nitrogens with zero attached hydrogens (tertiary/aromatic N) is 1. The summed E-state index contributed by atoms with van der Waals surface area (Å²) in [5, 5.41) is 12.3. The molecule has 0 fully saturated rings. The number of ether oxygens (including phenoxy) is 1. The molecule has 0 aliphatic carbocycles. The second-order valence-electron chi connectivity index (χ2n) is 5.12. The molecule has 0 atom stereocenters. The molecular weight excluding hydrogens is 326 g/mol. The lowest BCUT2D eigenvalue weighted by Gasteiger charge is -2.04. The van der Waals surface area contributed by atoms with Crippen molar-refractivity contribution in [1.82, 2.24) is 4.98 Å². The first kappa shape index (κ1) is 15.9. The van der Waals surface area contributed by atoms with Crippen molar-refractivity contribution in [2.24, 2.45) is 0 Å². The first-order valence-corrected chi connectivity index (χ1v) is 9.10. The Balaban J connectivity index is 1.51. The van der Waals surface area contributed by atoms with Gasteiger partial charge in [-0.1, -0.05) is 17.7 Å². The van der Waals surface area contributed by atoms with E-state index in [4.69, 9.17) is 4.74 Å². The van der Waals surface area contributed by atoms with Gasteiger partial charge in [0.1, 0.15) is 23.1 Å². The summed E-state index contributed by atoms with van der Waals surface area (Å²) < 4.78 is 5.75. The van der Waals surface area contributed by atoms with Gasteiger partial charge in [0.15, 0.2) is 0 Å². The van der Waals surface area contributed by atoms with E-state index in [0.717, 1.165) is 27.1 Å². The van der Waals surface area contributed by atoms with E-state index in [-0.39, 0.29) is 0 Å². The zero-order valence-corrected chi connectivity index (χ0v) is 14.4. The second kappa shape index (κ2) is 7.53. The van der Waals surface area contributed by atoms with Crippen molar-refractivity contribution in [2.45, 2.75) is 24.2 Å². The van der Waals surface area contributed by atoms with Gasteiger partial charge in [-0.15, -0.1) is 23.1 Å². The molecule has 3 nitrogen and oxygen atoms in total.